The molecular weight excluding hydrogens is 258 g/mol. The standard InChI is InChI=1S/C14H23N3O3/c1-6-9(4)12(14(19)20)16-13(18)11-7-15-17(8(2)3)10(11)5/h7-9,12H,6H2,1-5H3,(H,16,18)(H,19,20)/t9-,12-/m0/s1. The molecule has 0 spiro atoms. The summed E-state index contributed by atoms with van der Waals surface area (Å²) in [6.07, 6.45) is 2.17. The van der Waals surface area contributed by atoms with E-state index in [1.54, 1.807) is 11.6 Å². The lowest BCUT2D eigenvalue weighted by atomic mass is 9.99. The number of nitrogens with zero attached hydrogens (tertiary/aromatic N) is 2. The van der Waals surface area contributed by atoms with Crippen molar-refractivity contribution in [3.8, 4) is 0 Å². The number of carboxylic acid groups (broad SMARTS) is 1. The number of aliphatic carboxylic acids is 1. The van der Waals surface area contributed by atoms with Crippen LogP contribution in [0.1, 0.15) is 56.2 Å². The van der Waals surface area contributed by atoms with Crippen molar-refractivity contribution < 1.29 is 14.7 Å². The minimum Gasteiger partial charge on any atom is -0.480 e. The topological polar surface area (TPSA) is 84.2 Å². The highest BCUT2D eigenvalue weighted by Crippen LogP contribution is 2.14. The summed E-state index contributed by atoms with van der Waals surface area (Å²) < 4.78 is 1.74. The summed E-state index contributed by atoms with van der Waals surface area (Å²) in [7, 11) is 0. The van der Waals surface area contributed by atoms with Crippen molar-refractivity contribution in [1.29, 1.82) is 0 Å². The smallest absolute Gasteiger partial charge is 0.326 e. The van der Waals surface area contributed by atoms with Crippen LogP contribution >= 0.6 is 0 Å². The van der Waals surface area contributed by atoms with Gasteiger partial charge in [0.2, 0.25) is 0 Å². The molecule has 1 rings (SSSR count). The second-order valence-electron chi connectivity index (χ2n) is 5.36. The lowest BCUT2D eigenvalue weighted by molar-refractivity contribution is -0.140. The first-order valence-corrected chi connectivity index (χ1v) is 6.87. The maximum atomic E-state index is 12.2. The zero-order valence-electron chi connectivity index (χ0n) is 12.7. The number of amides is 1. The normalized spacial score (nSPS) is 14.1. The maximum absolute atomic E-state index is 12.2. The van der Waals surface area contributed by atoms with Gasteiger partial charge in [-0.1, -0.05) is 20.3 Å². The van der Waals surface area contributed by atoms with Crippen LogP contribution in [0.25, 0.3) is 0 Å². The third kappa shape index (κ3) is 3.37. The summed E-state index contributed by atoms with van der Waals surface area (Å²) in [4.78, 5) is 23.4. The molecule has 6 heteroatoms. The van der Waals surface area contributed by atoms with Crippen molar-refractivity contribution in [2.45, 2.75) is 53.1 Å². The molecule has 0 aliphatic carbocycles. The van der Waals surface area contributed by atoms with Gasteiger partial charge in [-0.25, -0.2) is 4.79 Å². The Morgan fingerprint density at radius 3 is 2.40 bits per heavy atom. The first kappa shape index (κ1) is 16.2. The molecule has 0 saturated heterocycles. The highest BCUT2D eigenvalue weighted by molar-refractivity contribution is 5.97. The van der Waals surface area contributed by atoms with Crippen LogP contribution in [0.2, 0.25) is 0 Å². The van der Waals surface area contributed by atoms with E-state index < -0.39 is 12.0 Å². The highest BCUT2D eigenvalue weighted by atomic mass is 16.4. The Labute approximate surface area is 119 Å². The van der Waals surface area contributed by atoms with Crippen LogP contribution < -0.4 is 5.32 Å². The molecule has 0 fully saturated rings. The second kappa shape index (κ2) is 6.54. The van der Waals surface area contributed by atoms with E-state index in [1.807, 2.05) is 27.7 Å². The van der Waals surface area contributed by atoms with Gasteiger partial charge in [-0.3, -0.25) is 9.48 Å². The van der Waals surface area contributed by atoms with Gasteiger partial charge < -0.3 is 10.4 Å². The van der Waals surface area contributed by atoms with Crippen molar-refractivity contribution >= 4 is 11.9 Å². The Kier molecular flexibility index (Phi) is 5.30. The Balaban J connectivity index is 2.93. The molecule has 20 heavy (non-hydrogen) atoms. The van der Waals surface area contributed by atoms with Crippen LogP contribution in [0.5, 0.6) is 0 Å². The third-order valence-electron chi connectivity index (χ3n) is 3.54. The van der Waals surface area contributed by atoms with E-state index in [0.29, 0.717) is 12.0 Å². The van der Waals surface area contributed by atoms with Gasteiger partial charge in [-0.2, -0.15) is 5.10 Å². The number of carbonyl (C=O) groups excluding carboxylic acids is 1. The second-order valence-corrected chi connectivity index (χ2v) is 5.36. The molecule has 0 aliphatic rings. The molecule has 1 heterocycles. The van der Waals surface area contributed by atoms with Gasteiger partial charge in [0.15, 0.2) is 0 Å². The zero-order chi connectivity index (χ0) is 15.4. The number of aromatic nitrogens is 2. The highest BCUT2D eigenvalue weighted by Gasteiger charge is 2.27. The van der Waals surface area contributed by atoms with E-state index in [-0.39, 0.29) is 17.9 Å². The average molecular weight is 281 g/mol. The first-order valence-electron chi connectivity index (χ1n) is 6.87. The molecule has 1 amide bonds. The van der Waals surface area contributed by atoms with Gasteiger partial charge in [-0.15, -0.1) is 0 Å². The van der Waals surface area contributed by atoms with Crippen molar-refractivity contribution in [1.82, 2.24) is 15.1 Å². The summed E-state index contributed by atoms with van der Waals surface area (Å²) in [5.74, 6) is -1.53. The lowest BCUT2D eigenvalue weighted by Crippen LogP contribution is -2.45. The first-order chi connectivity index (χ1) is 9.29. The molecular formula is C14H23N3O3. The largest absolute Gasteiger partial charge is 0.480 e. The molecule has 1 aromatic heterocycles. The maximum Gasteiger partial charge on any atom is 0.326 e. The molecule has 0 aliphatic heterocycles. The van der Waals surface area contributed by atoms with E-state index in [9.17, 15) is 14.7 Å². The lowest BCUT2D eigenvalue weighted by Gasteiger charge is -2.20. The van der Waals surface area contributed by atoms with Gasteiger partial charge in [0.25, 0.3) is 5.91 Å². The molecule has 6 nitrogen and oxygen atoms in total. The summed E-state index contributed by atoms with van der Waals surface area (Å²) in [5.41, 5.74) is 1.17. The predicted molar refractivity (Wildman–Crippen MR) is 75.7 cm³/mol. The summed E-state index contributed by atoms with van der Waals surface area (Å²) in [5, 5.41) is 15.9. The number of hydrogen-bond acceptors (Lipinski definition) is 3. The van der Waals surface area contributed by atoms with E-state index in [4.69, 9.17) is 0 Å². The van der Waals surface area contributed by atoms with Crippen LogP contribution in [0.4, 0.5) is 0 Å². The van der Waals surface area contributed by atoms with Crippen LogP contribution in [-0.4, -0.2) is 32.8 Å². The van der Waals surface area contributed by atoms with Crippen LogP contribution in [0.15, 0.2) is 6.20 Å². The van der Waals surface area contributed by atoms with Gasteiger partial charge >= 0.3 is 5.97 Å². The number of carboxylic acids is 1. The summed E-state index contributed by atoms with van der Waals surface area (Å²) in [6, 6.07) is -0.726. The van der Waals surface area contributed by atoms with E-state index in [1.165, 1.54) is 6.20 Å². The minimum absolute atomic E-state index is 0.128. The fraction of sp³-hybridized carbons (Fsp3) is 0.643. The quantitative estimate of drug-likeness (QED) is 0.835. The molecule has 112 valence electrons. The van der Waals surface area contributed by atoms with Gasteiger partial charge in [0.1, 0.15) is 6.04 Å². The molecule has 0 saturated carbocycles. The zero-order valence-corrected chi connectivity index (χ0v) is 12.7. The van der Waals surface area contributed by atoms with Gasteiger partial charge in [0, 0.05) is 11.7 Å². The van der Waals surface area contributed by atoms with Gasteiger partial charge in [-0.05, 0) is 26.7 Å². The molecule has 2 atom stereocenters. The van der Waals surface area contributed by atoms with Crippen LogP contribution in [0.3, 0.4) is 0 Å². The van der Waals surface area contributed by atoms with E-state index in [0.717, 1.165) is 5.69 Å². The number of rotatable bonds is 6. The number of hydrogen-bond donors (Lipinski definition) is 2. The number of nitrogens with one attached hydrogen (secondary N) is 1. The van der Waals surface area contributed by atoms with Crippen LogP contribution in [0, 0.1) is 12.8 Å². The van der Waals surface area contributed by atoms with Crippen molar-refractivity contribution in [2.75, 3.05) is 0 Å². The predicted octanol–water partition coefficient (Wildman–Crippen LogP) is 2.00. The molecule has 2 N–H and O–H groups in total. The fourth-order valence-corrected chi connectivity index (χ4v) is 2.07. The van der Waals surface area contributed by atoms with Crippen molar-refractivity contribution in [3.63, 3.8) is 0 Å². The van der Waals surface area contributed by atoms with E-state index >= 15 is 0 Å². The van der Waals surface area contributed by atoms with Gasteiger partial charge in [0.05, 0.1) is 11.8 Å². The summed E-state index contributed by atoms with van der Waals surface area (Å²) >= 11 is 0. The van der Waals surface area contributed by atoms with Crippen molar-refractivity contribution in [2.24, 2.45) is 5.92 Å². The average Bonchev–Trinajstić information content (AvgIpc) is 2.76. The molecule has 0 bridgehead atoms. The number of carbonyl (C=O) groups is 2. The van der Waals surface area contributed by atoms with Crippen molar-refractivity contribution in [3.05, 3.63) is 17.5 Å². The molecule has 0 radical (unpaired) electrons. The Morgan fingerprint density at radius 1 is 1.40 bits per heavy atom. The molecule has 0 unspecified atom stereocenters. The third-order valence-corrected chi connectivity index (χ3v) is 3.54. The minimum atomic E-state index is -1.01. The monoisotopic (exact) mass is 281 g/mol. The molecule has 0 aromatic carbocycles. The Morgan fingerprint density at radius 2 is 2.00 bits per heavy atom. The molecule has 1 aromatic rings. The fourth-order valence-electron chi connectivity index (χ4n) is 2.07. The van der Waals surface area contributed by atoms with E-state index in [2.05, 4.69) is 10.4 Å². The van der Waals surface area contributed by atoms with Crippen LogP contribution in [-0.2, 0) is 4.79 Å². The SMILES string of the molecule is CC[C@H](C)[C@H](NC(=O)c1cnn(C(C)C)c1C)C(=O)O. The Bertz CT molecular complexity index is 494. The Hall–Kier alpha value is -1.85. The summed E-state index contributed by atoms with van der Waals surface area (Å²) in [6.45, 7) is 9.46.